The number of amides is 4. The van der Waals surface area contributed by atoms with Crippen molar-refractivity contribution < 1.29 is 53.1 Å². The molecule has 18 heteroatoms. The van der Waals surface area contributed by atoms with Crippen LogP contribution in [0.4, 0.5) is 0 Å². The molecule has 0 spiro atoms. The number of phosphoric ester groups is 1. The summed E-state index contributed by atoms with van der Waals surface area (Å²) in [4.78, 5) is 80.9. The van der Waals surface area contributed by atoms with Crippen LogP contribution in [0.3, 0.4) is 0 Å². The Morgan fingerprint density at radius 2 is 1.49 bits per heavy atom. The monoisotopic (exact) mass is 612 g/mol. The summed E-state index contributed by atoms with van der Waals surface area (Å²) in [6.45, 7) is 5.09. The Kier molecular flexibility index (Phi) is 17.7. The van der Waals surface area contributed by atoms with E-state index in [1.54, 1.807) is 13.8 Å². The van der Waals surface area contributed by atoms with Gasteiger partial charge in [0.1, 0.15) is 24.4 Å². The van der Waals surface area contributed by atoms with Crippen molar-refractivity contribution in [1.29, 1.82) is 0 Å². The highest BCUT2D eigenvalue weighted by molar-refractivity contribution is 7.46. The third kappa shape index (κ3) is 14.3. The van der Waals surface area contributed by atoms with Crippen molar-refractivity contribution in [1.82, 2.24) is 21.3 Å². The topological polar surface area (TPSA) is 293 Å². The number of phosphoric acid groups is 1. The molecule has 0 saturated carbocycles. The highest BCUT2D eigenvalue weighted by Gasteiger charge is 2.37. The van der Waals surface area contributed by atoms with Crippen molar-refractivity contribution in [3.8, 4) is 0 Å². The van der Waals surface area contributed by atoms with E-state index >= 15 is 0 Å². The standard InChI is InChI=1S/C23H45N6O11P/c1-5-12(2)16(10-30)26-23(36)19(14(4)40-41(37,38)39)29-21(34)17(11-31)27-22(35)18(13(3)32)28-20(33)15(25)8-6-7-9-24/h10,12-19,31-32H,5-9,11,24-25H2,1-4H3,(H,26,36)(H,27,35)(H,28,33)(H,29,34)(H2,37,38,39)/t12-,13+,14+,15-,16+,17-,18-,19-/m0/s1. The van der Waals surface area contributed by atoms with E-state index in [2.05, 4.69) is 25.8 Å². The van der Waals surface area contributed by atoms with E-state index < -0.39 is 80.5 Å². The van der Waals surface area contributed by atoms with Crippen molar-refractivity contribution in [2.75, 3.05) is 13.2 Å². The lowest BCUT2D eigenvalue weighted by atomic mass is 9.99. The second kappa shape index (κ2) is 18.8. The molecule has 41 heavy (non-hydrogen) atoms. The molecule has 0 radical (unpaired) electrons. The summed E-state index contributed by atoms with van der Waals surface area (Å²) in [6.07, 6.45) is -0.693. The molecule has 238 valence electrons. The highest BCUT2D eigenvalue weighted by atomic mass is 31.2. The normalized spacial score (nSPS) is 17.5. The lowest BCUT2D eigenvalue weighted by molar-refractivity contribution is -0.137. The molecule has 0 bridgehead atoms. The summed E-state index contributed by atoms with van der Waals surface area (Å²) in [6, 6.07) is -7.11. The maximum absolute atomic E-state index is 12.9. The Morgan fingerprint density at radius 3 is 1.95 bits per heavy atom. The maximum Gasteiger partial charge on any atom is 0.469 e. The van der Waals surface area contributed by atoms with Crippen LogP contribution < -0.4 is 32.7 Å². The van der Waals surface area contributed by atoms with E-state index in [4.69, 9.17) is 11.5 Å². The van der Waals surface area contributed by atoms with Gasteiger partial charge in [0.05, 0.1) is 30.9 Å². The van der Waals surface area contributed by atoms with Gasteiger partial charge in [0, 0.05) is 0 Å². The van der Waals surface area contributed by atoms with Gasteiger partial charge in [-0.2, -0.15) is 0 Å². The minimum Gasteiger partial charge on any atom is -0.394 e. The smallest absolute Gasteiger partial charge is 0.394 e. The number of nitrogens with one attached hydrogen (secondary N) is 4. The molecule has 0 aromatic rings. The summed E-state index contributed by atoms with van der Waals surface area (Å²) in [5.41, 5.74) is 11.2. The molecule has 0 unspecified atom stereocenters. The van der Waals surface area contributed by atoms with E-state index in [0.717, 1.165) is 6.92 Å². The van der Waals surface area contributed by atoms with Crippen LogP contribution in [0.25, 0.3) is 0 Å². The molecule has 17 nitrogen and oxygen atoms in total. The Labute approximate surface area is 238 Å². The molecule has 0 aromatic heterocycles. The number of hydrogen-bond acceptors (Lipinski definition) is 11. The lowest BCUT2D eigenvalue weighted by Crippen LogP contribution is -2.62. The lowest BCUT2D eigenvalue weighted by Gasteiger charge is -2.29. The van der Waals surface area contributed by atoms with Gasteiger partial charge in [0.15, 0.2) is 0 Å². The van der Waals surface area contributed by atoms with E-state index in [0.29, 0.717) is 32.1 Å². The molecule has 4 amide bonds. The molecule has 0 saturated heterocycles. The summed E-state index contributed by atoms with van der Waals surface area (Å²) < 4.78 is 15.9. The van der Waals surface area contributed by atoms with Gasteiger partial charge in [-0.05, 0) is 39.2 Å². The fourth-order valence-corrected chi connectivity index (χ4v) is 4.06. The molecular formula is C23H45N6O11P. The quantitative estimate of drug-likeness (QED) is 0.0363. The molecule has 0 aliphatic carbocycles. The largest absolute Gasteiger partial charge is 0.469 e. The molecule has 0 heterocycles. The van der Waals surface area contributed by atoms with Gasteiger partial charge in [0.2, 0.25) is 23.6 Å². The zero-order valence-electron chi connectivity index (χ0n) is 23.7. The van der Waals surface area contributed by atoms with E-state index in [1.807, 2.05) is 0 Å². The van der Waals surface area contributed by atoms with E-state index in [9.17, 15) is 48.5 Å². The van der Waals surface area contributed by atoms with Gasteiger partial charge in [0.25, 0.3) is 0 Å². The summed E-state index contributed by atoms with van der Waals surface area (Å²) in [5.74, 6) is -4.36. The van der Waals surface area contributed by atoms with Crippen LogP contribution in [0.1, 0.15) is 53.4 Å². The average molecular weight is 613 g/mol. The van der Waals surface area contributed by atoms with Crippen LogP contribution >= 0.6 is 7.82 Å². The third-order valence-corrected chi connectivity index (χ3v) is 6.86. The van der Waals surface area contributed by atoms with Crippen LogP contribution in [0, 0.1) is 5.92 Å². The Bertz CT molecular complexity index is 919. The molecule has 0 aromatic carbocycles. The van der Waals surface area contributed by atoms with Gasteiger partial charge in [-0.3, -0.25) is 23.7 Å². The fourth-order valence-electron chi connectivity index (χ4n) is 3.51. The molecule has 8 atom stereocenters. The number of nitrogens with two attached hydrogens (primary N) is 2. The zero-order chi connectivity index (χ0) is 31.9. The first-order chi connectivity index (χ1) is 19.0. The number of aliphatic hydroxyl groups excluding tert-OH is 2. The Balaban J connectivity index is 5.74. The van der Waals surface area contributed by atoms with Crippen LogP contribution in [0.2, 0.25) is 0 Å². The SMILES string of the molecule is CC[C@H](C)[C@@H](C=O)NC(=O)[C@@H](NC(=O)[C@H](CO)NC(=O)[C@@H](NC(=O)[C@@H](N)CCCCN)[C@@H](C)O)[C@@H](C)OP(=O)(O)O. The highest BCUT2D eigenvalue weighted by Crippen LogP contribution is 2.38. The Morgan fingerprint density at radius 1 is 0.927 bits per heavy atom. The Hall–Kier alpha value is -2.50. The predicted octanol–water partition coefficient (Wildman–Crippen LogP) is -3.50. The van der Waals surface area contributed by atoms with Crippen molar-refractivity contribution in [3.05, 3.63) is 0 Å². The van der Waals surface area contributed by atoms with Crippen LogP contribution in [0.15, 0.2) is 0 Å². The number of aliphatic hydroxyl groups is 2. The fraction of sp³-hybridized carbons (Fsp3) is 0.783. The van der Waals surface area contributed by atoms with Crippen LogP contribution in [-0.2, 0) is 33.1 Å². The second-order valence-electron chi connectivity index (χ2n) is 9.70. The molecular weight excluding hydrogens is 567 g/mol. The van der Waals surface area contributed by atoms with Crippen molar-refractivity contribution in [2.45, 2.75) is 95.8 Å². The number of unbranched alkanes of at least 4 members (excludes halogenated alkanes) is 1. The zero-order valence-corrected chi connectivity index (χ0v) is 24.6. The average Bonchev–Trinajstić information content (AvgIpc) is 2.89. The van der Waals surface area contributed by atoms with Gasteiger partial charge >= 0.3 is 7.82 Å². The van der Waals surface area contributed by atoms with Crippen molar-refractivity contribution in [2.24, 2.45) is 17.4 Å². The molecule has 0 aliphatic heterocycles. The van der Waals surface area contributed by atoms with E-state index in [1.165, 1.54) is 6.92 Å². The number of carbonyl (C=O) groups is 5. The van der Waals surface area contributed by atoms with Gasteiger partial charge in [-0.15, -0.1) is 0 Å². The van der Waals surface area contributed by atoms with Crippen LogP contribution in [-0.4, -0.2) is 105 Å². The van der Waals surface area contributed by atoms with Gasteiger partial charge < -0.3 is 57.5 Å². The number of hydrogen-bond donors (Lipinski definition) is 10. The first kappa shape index (κ1) is 38.5. The van der Waals surface area contributed by atoms with Crippen molar-refractivity contribution >= 4 is 37.7 Å². The number of aldehydes is 1. The van der Waals surface area contributed by atoms with Gasteiger partial charge in [-0.1, -0.05) is 26.7 Å². The molecule has 12 N–H and O–H groups in total. The second-order valence-corrected chi connectivity index (χ2v) is 10.9. The maximum atomic E-state index is 12.9. The molecule has 0 aliphatic rings. The summed E-state index contributed by atoms with van der Waals surface area (Å²) in [7, 11) is -5.14. The van der Waals surface area contributed by atoms with Crippen molar-refractivity contribution in [3.63, 3.8) is 0 Å². The van der Waals surface area contributed by atoms with Crippen LogP contribution in [0.5, 0.6) is 0 Å². The minimum absolute atomic E-state index is 0.263. The van der Waals surface area contributed by atoms with E-state index in [-0.39, 0.29) is 12.3 Å². The summed E-state index contributed by atoms with van der Waals surface area (Å²) >= 11 is 0. The summed E-state index contributed by atoms with van der Waals surface area (Å²) in [5, 5.41) is 28.8. The third-order valence-electron chi connectivity index (χ3n) is 6.25. The first-order valence-corrected chi connectivity index (χ1v) is 14.7. The number of carbonyl (C=O) groups excluding carboxylic acids is 5. The number of rotatable bonds is 20. The molecule has 0 rings (SSSR count). The molecule has 0 fully saturated rings. The minimum atomic E-state index is -5.14. The van der Waals surface area contributed by atoms with Gasteiger partial charge in [-0.25, -0.2) is 4.57 Å². The predicted molar refractivity (Wildman–Crippen MR) is 145 cm³/mol. The first-order valence-electron chi connectivity index (χ1n) is 13.2.